The van der Waals surface area contributed by atoms with Crippen molar-refractivity contribution in [3.05, 3.63) is 87.3 Å². The number of piperidine rings is 1. The molecule has 4 amide bonds. The van der Waals surface area contributed by atoms with Gasteiger partial charge in [0.1, 0.15) is 17.5 Å². The highest BCUT2D eigenvalue weighted by Crippen LogP contribution is 2.37. The SMILES string of the molecule is CC(C)c1cc(-c2n[nH]c(=O)n2-c2ccc(CN3CCN(C(=O)Nc4cccc5c4CN(C4CCCNC4=O)C5=O)CC3)cc2)c(O)cc1O. The predicted octanol–water partition coefficient (Wildman–Crippen LogP) is 3.35. The minimum Gasteiger partial charge on any atom is -0.508 e. The Morgan fingerprint density at radius 2 is 1.74 bits per heavy atom. The van der Waals surface area contributed by atoms with Crippen LogP contribution in [0.4, 0.5) is 10.5 Å². The first-order chi connectivity index (χ1) is 24.1. The van der Waals surface area contributed by atoms with Gasteiger partial charge in [0, 0.05) is 68.7 Å². The molecule has 3 aliphatic heterocycles. The van der Waals surface area contributed by atoms with E-state index in [1.54, 1.807) is 34.1 Å². The molecule has 1 atom stereocenters. The van der Waals surface area contributed by atoms with Crippen molar-refractivity contribution in [2.75, 3.05) is 38.0 Å². The predicted molar refractivity (Wildman–Crippen MR) is 185 cm³/mol. The maximum absolute atomic E-state index is 13.3. The van der Waals surface area contributed by atoms with Crippen molar-refractivity contribution >= 4 is 23.5 Å². The van der Waals surface area contributed by atoms with E-state index in [-0.39, 0.29) is 47.6 Å². The smallest absolute Gasteiger partial charge is 0.348 e. The summed E-state index contributed by atoms with van der Waals surface area (Å²) in [5, 5.41) is 33.4. The third-order valence-corrected chi connectivity index (χ3v) is 9.81. The fraction of sp³-hybridized carbons (Fsp3) is 0.361. The number of phenolic OH excluding ortho intramolecular Hbond substituents is 2. The van der Waals surface area contributed by atoms with E-state index in [1.165, 1.54) is 10.6 Å². The van der Waals surface area contributed by atoms with Crippen molar-refractivity contribution in [2.45, 2.75) is 51.7 Å². The lowest BCUT2D eigenvalue weighted by Gasteiger charge is -2.34. The number of piperazine rings is 1. The quantitative estimate of drug-likeness (QED) is 0.198. The monoisotopic (exact) mass is 680 g/mol. The number of nitrogens with zero attached hydrogens (tertiary/aromatic N) is 5. The van der Waals surface area contributed by atoms with E-state index < -0.39 is 11.7 Å². The lowest BCUT2D eigenvalue weighted by Crippen LogP contribution is -2.50. The number of carbonyl (C=O) groups is 3. The Morgan fingerprint density at radius 3 is 2.46 bits per heavy atom. The number of carbonyl (C=O) groups excluding carboxylic acids is 3. The second-order valence-corrected chi connectivity index (χ2v) is 13.3. The molecule has 4 aromatic rings. The molecule has 2 saturated heterocycles. The third-order valence-electron chi connectivity index (χ3n) is 9.81. The summed E-state index contributed by atoms with van der Waals surface area (Å²) >= 11 is 0. The van der Waals surface area contributed by atoms with Crippen LogP contribution in [0.15, 0.2) is 59.4 Å². The van der Waals surface area contributed by atoms with E-state index in [9.17, 15) is 29.4 Å². The number of aromatic nitrogens is 3. The van der Waals surface area contributed by atoms with Crippen molar-refractivity contribution in [2.24, 2.45) is 0 Å². The van der Waals surface area contributed by atoms with Crippen LogP contribution in [-0.4, -0.2) is 96.3 Å². The fourth-order valence-corrected chi connectivity index (χ4v) is 7.04. The molecule has 3 aliphatic rings. The first kappa shape index (κ1) is 32.9. The number of hydrogen-bond donors (Lipinski definition) is 5. The van der Waals surface area contributed by atoms with E-state index in [0.29, 0.717) is 73.8 Å². The largest absolute Gasteiger partial charge is 0.508 e. The van der Waals surface area contributed by atoms with Gasteiger partial charge in [0.2, 0.25) is 5.91 Å². The summed E-state index contributed by atoms with van der Waals surface area (Å²) in [5.41, 5.74) is 3.94. The molecule has 0 aliphatic carbocycles. The Kier molecular flexibility index (Phi) is 8.78. The second-order valence-electron chi connectivity index (χ2n) is 13.3. The number of anilines is 1. The second kappa shape index (κ2) is 13.3. The molecule has 0 bridgehead atoms. The standard InChI is InChI=1S/C36H40N8O6/c1-21(2)25-17-26(31(46)18-30(25)45)32-39-40-36(50)44(32)23-10-8-22(9-11-23)19-41-13-15-42(16-14-41)35(49)38-28-6-3-5-24-27(28)20-43(34(24)48)29-7-4-12-37-33(29)47/h3,5-6,8-11,17-18,21,29,45-46H,4,7,12-16,19-20H2,1-2H3,(H,37,47)(H,38,49)(H,40,50). The van der Waals surface area contributed by atoms with Crippen LogP contribution in [0, 0.1) is 0 Å². The number of benzene rings is 3. The van der Waals surface area contributed by atoms with E-state index in [1.807, 2.05) is 38.1 Å². The summed E-state index contributed by atoms with van der Waals surface area (Å²) in [5.74, 6) is -0.300. The first-order valence-electron chi connectivity index (χ1n) is 16.9. The van der Waals surface area contributed by atoms with Crippen molar-refractivity contribution in [1.29, 1.82) is 0 Å². The van der Waals surface area contributed by atoms with Gasteiger partial charge >= 0.3 is 11.7 Å². The van der Waals surface area contributed by atoms with E-state index in [0.717, 1.165) is 17.5 Å². The van der Waals surface area contributed by atoms with Gasteiger partial charge in [0.25, 0.3) is 5.91 Å². The lowest BCUT2D eigenvalue weighted by molar-refractivity contribution is -0.127. The number of amides is 4. The van der Waals surface area contributed by atoms with E-state index in [4.69, 9.17) is 0 Å². The van der Waals surface area contributed by atoms with Crippen LogP contribution < -0.4 is 16.3 Å². The molecule has 260 valence electrons. The molecule has 7 rings (SSSR count). The summed E-state index contributed by atoms with van der Waals surface area (Å²) in [4.78, 5) is 57.4. The zero-order chi connectivity index (χ0) is 35.1. The number of phenols is 2. The van der Waals surface area contributed by atoms with Crippen LogP contribution in [0.25, 0.3) is 17.1 Å². The average Bonchev–Trinajstić information content (AvgIpc) is 3.65. The van der Waals surface area contributed by atoms with Gasteiger partial charge in [-0.1, -0.05) is 32.0 Å². The molecule has 1 unspecified atom stereocenters. The Morgan fingerprint density at radius 1 is 0.980 bits per heavy atom. The molecule has 3 aromatic carbocycles. The number of H-pyrrole nitrogens is 1. The summed E-state index contributed by atoms with van der Waals surface area (Å²) in [6.45, 7) is 7.77. The summed E-state index contributed by atoms with van der Waals surface area (Å²) in [6.07, 6.45) is 1.44. The maximum Gasteiger partial charge on any atom is 0.348 e. The number of urea groups is 1. The molecule has 4 heterocycles. The molecule has 5 N–H and O–H groups in total. The topological polar surface area (TPSA) is 176 Å². The number of rotatable bonds is 7. The number of aromatic amines is 1. The van der Waals surface area contributed by atoms with Crippen LogP contribution >= 0.6 is 0 Å². The summed E-state index contributed by atoms with van der Waals surface area (Å²) in [7, 11) is 0. The fourth-order valence-electron chi connectivity index (χ4n) is 7.04. The van der Waals surface area contributed by atoms with Crippen LogP contribution in [0.5, 0.6) is 11.5 Å². The first-order valence-corrected chi connectivity index (χ1v) is 16.9. The molecule has 0 radical (unpaired) electrons. The van der Waals surface area contributed by atoms with Crippen molar-refractivity contribution in [3.8, 4) is 28.6 Å². The molecule has 50 heavy (non-hydrogen) atoms. The maximum atomic E-state index is 13.3. The highest BCUT2D eigenvalue weighted by Gasteiger charge is 2.38. The highest BCUT2D eigenvalue weighted by atomic mass is 16.3. The van der Waals surface area contributed by atoms with Crippen LogP contribution in [0.3, 0.4) is 0 Å². The molecule has 1 aromatic heterocycles. The van der Waals surface area contributed by atoms with Gasteiger partial charge in [-0.2, -0.15) is 5.10 Å². The van der Waals surface area contributed by atoms with Crippen molar-refractivity contribution in [1.82, 2.24) is 34.8 Å². The minimum absolute atomic E-state index is 0.00946. The van der Waals surface area contributed by atoms with Gasteiger partial charge in [0.15, 0.2) is 5.82 Å². The highest BCUT2D eigenvalue weighted by molar-refractivity contribution is 6.04. The van der Waals surface area contributed by atoms with Gasteiger partial charge in [0.05, 0.1) is 11.3 Å². The lowest BCUT2D eigenvalue weighted by atomic mass is 9.98. The normalized spacial score (nSPS) is 18.0. The van der Waals surface area contributed by atoms with Gasteiger partial charge in [-0.15, -0.1) is 0 Å². The van der Waals surface area contributed by atoms with E-state index >= 15 is 0 Å². The van der Waals surface area contributed by atoms with Crippen LogP contribution in [0.1, 0.15) is 59.7 Å². The summed E-state index contributed by atoms with van der Waals surface area (Å²) in [6, 6.07) is 15.0. The zero-order valence-corrected chi connectivity index (χ0v) is 28.0. The Hall–Kier alpha value is -5.63. The molecular weight excluding hydrogens is 640 g/mol. The zero-order valence-electron chi connectivity index (χ0n) is 28.0. The van der Waals surface area contributed by atoms with Crippen LogP contribution in [0.2, 0.25) is 0 Å². The minimum atomic E-state index is -0.499. The Labute approximate surface area is 288 Å². The number of hydrogen-bond acceptors (Lipinski definition) is 8. The summed E-state index contributed by atoms with van der Waals surface area (Å²) < 4.78 is 1.39. The number of aromatic hydroxyl groups is 2. The molecule has 14 heteroatoms. The molecular formula is C36H40N8O6. The van der Waals surface area contributed by atoms with Gasteiger partial charge in [-0.3, -0.25) is 14.5 Å². The number of nitrogens with one attached hydrogen (secondary N) is 3. The molecule has 0 spiro atoms. The van der Waals surface area contributed by atoms with Gasteiger partial charge in [-0.05, 0) is 60.2 Å². The molecule has 2 fully saturated rings. The van der Waals surface area contributed by atoms with E-state index in [2.05, 4.69) is 25.7 Å². The molecule has 14 nitrogen and oxygen atoms in total. The van der Waals surface area contributed by atoms with Crippen LogP contribution in [-0.2, 0) is 17.9 Å². The number of fused-ring (bicyclic) bond motifs is 1. The van der Waals surface area contributed by atoms with Crippen molar-refractivity contribution < 1.29 is 24.6 Å². The van der Waals surface area contributed by atoms with Gasteiger partial charge < -0.3 is 30.6 Å². The Balaban J connectivity index is 0.971. The van der Waals surface area contributed by atoms with Gasteiger partial charge in [-0.25, -0.2) is 19.3 Å². The average molecular weight is 681 g/mol. The molecule has 0 saturated carbocycles. The Bertz CT molecular complexity index is 2010. The van der Waals surface area contributed by atoms with Crippen molar-refractivity contribution in [3.63, 3.8) is 0 Å². The third kappa shape index (κ3) is 6.17.